The average molecular weight is 344 g/mol. The Bertz CT molecular complexity index is 424. The Morgan fingerprint density at radius 3 is 2.80 bits per heavy atom. The van der Waals surface area contributed by atoms with Crippen LogP contribution in [0.4, 0.5) is 0 Å². The van der Waals surface area contributed by atoms with Crippen molar-refractivity contribution in [3.63, 3.8) is 0 Å². The summed E-state index contributed by atoms with van der Waals surface area (Å²) in [6.45, 7) is 8.93. The van der Waals surface area contributed by atoms with Gasteiger partial charge in [0.25, 0.3) is 0 Å². The standard InChI is InChI=1S/C15H22BrNO3/c1-4-19-14-7-5-6-13(10-17-8-9-18-3)15(14)20-11-12(2)16/h5-7,17H,2,4,8-11H2,1,3H3. The van der Waals surface area contributed by atoms with Gasteiger partial charge in [-0.2, -0.15) is 0 Å². The minimum Gasteiger partial charge on any atom is -0.490 e. The van der Waals surface area contributed by atoms with Gasteiger partial charge in [0.15, 0.2) is 11.5 Å². The lowest BCUT2D eigenvalue weighted by molar-refractivity contribution is 0.199. The van der Waals surface area contributed by atoms with Crippen molar-refractivity contribution in [1.82, 2.24) is 5.32 Å². The molecule has 0 spiro atoms. The molecule has 20 heavy (non-hydrogen) atoms. The van der Waals surface area contributed by atoms with Crippen LogP contribution in [0.2, 0.25) is 0 Å². The summed E-state index contributed by atoms with van der Waals surface area (Å²) >= 11 is 3.30. The van der Waals surface area contributed by atoms with Gasteiger partial charge in [-0.1, -0.05) is 34.6 Å². The first-order valence-corrected chi connectivity index (χ1v) is 7.38. The van der Waals surface area contributed by atoms with Crippen LogP contribution in [0.3, 0.4) is 0 Å². The second-order valence-electron chi connectivity index (χ2n) is 4.15. The maximum atomic E-state index is 5.80. The third-order valence-electron chi connectivity index (χ3n) is 2.53. The Morgan fingerprint density at radius 2 is 2.15 bits per heavy atom. The zero-order chi connectivity index (χ0) is 14.8. The number of hydrogen-bond acceptors (Lipinski definition) is 4. The summed E-state index contributed by atoms with van der Waals surface area (Å²) in [6.07, 6.45) is 0. The first-order chi connectivity index (χ1) is 9.69. The topological polar surface area (TPSA) is 39.7 Å². The highest BCUT2D eigenvalue weighted by Gasteiger charge is 2.11. The summed E-state index contributed by atoms with van der Waals surface area (Å²) in [6, 6.07) is 5.90. The molecule has 112 valence electrons. The second kappa shape index (κ2) is 9.80. The van der Waals surface area contributed by atoms with E-state index in [9.17, 15) is 0 Å². The zero-order valence-corrected chi connectivity index (χ0v) is 13.7. The molecule has 0 heterocycles. The largest absolute Gasteiger partial charge is 0.490 e. The molecule has 0 fully saturated rings. The molecule has 1 rings (SSSR count). The van der Waals surface area contributed by atoms with Gasteiger partial charge in [0.05, 0.1) is 13.2 Å². The van der Waals surface area contributed by atoms with Gasteiger partial charge in [-0.05, 0) is 13.0 Å². The number of rotatable bonds is 10. The molecule has 0 unspecified atom stereocenters. The van der Waals surface area contributed by atoms with Gasteiger partial charge in [0, 0.05) is 30.2 Å². The van der Waals surface area contributed by atoms with Gasteiger partial charge < -0.3 is 19.5 Å². The summed E-state index contributed by atoms with van der Waals surface area (Å²) in [5.41, 5.74) is 1.06. The molecule has 5 heteroatoms. The molecule has 0 radical (unpaired) electrons. The third kappa shape index (κ3) is 5.94. The molecule has 1 N–H and O–H groups in total. The van der Waals surface area contributed by atoms with E-state index in [1.807, 2.05) is 25.1 Å². The molecule has 0 aliphatic heterocycles. The maximum absolute atomic E-state index is 5.80. The highest BCUT2D eigenvalue weighted by Crippen LogP contribution is 2.32. The van der Waals surface area contributed by atoms with E-state index in [1.165, 1.54) is 0 Å². The molecular formula is C15H22BrNO3. The van der Waals surface area contributed by atoms with Gasteiger partial charge in [-0.25, -0.2) is 0 Å². The van der Waals surface area contributed by atoms with E-state index >= 15 is 0 Å². The van der Waals surface area contributed by atoms with Crippen LogP contribution in [0.25, 0.3) is 0 Å². The summed E-state index contributed by atoms with van der Waals surface area (Å²) in [4.78, 5) is 0. The summed E-state index contributed by atoms with van der Waals surface area (Å²) < 4.78 is 17.2. The van der Waals surface area contributed by atoms with E-state index in [1.54, 1.807) is 7.11 Å². The van der Waals surface area contributed by atoms with Gasteiger partial charge in [0.1, 0.15) is 6.61 Å². The van der Waals surface area contributed by atoms with Crippen molar-refractivity contribution in [2.75, 3.05) is 33.5 Å². The minimum absolute atomic E-state index is 0.412. The van der Waals surface area contributed by atoms with E-state index in [0.717, 1.165) is 28.1 Å². The molecule has 0 atom stereocenters. The molecule has 0 amide bonds. The molecule has 0 saturated carbocycles. The summed E-state index contributed by atoms with van der Waals surface area (Å²) in [5, 5.41) is 3.31. The lowest BCUT2D eigenvalue weighted by Crippen LogP contribution is -2.19. The number of nitrogens with one attached hydrogen (secondary N) is 1. The Balaban J connectivity index is 2.78. The number of methoxy groups -OCH3 is 1. The molecule has 0 aromatic heterocycles. The van der Waals surface area contributed by atoms with Gasteiger partial charge in [-0.3, -0.25) is 0 Å². The second-order valence-corrected chi connectivity index (χ2v) is 5.27. The lowest BCUT2D eigenvalue weighted by Gasteiger charge is -2.16. The molecule has 0 aliphatic rings. The fourth-order valence-electron chi connectivity index (χ4n) is 1.68. The number of ether oxygens (including phenoxy) is 3. The van der Waals surface area contributed by atoms with Crippen LogP contribution in [0.15, 0.2) is 29.3 Å². The molecule has 0 saturated heterocycles. The SMILES string of the molecule is C=C(Br)COc1c(CNCCOC)cccc1OCC. The van der Waals surface area contributed by atoms with Crippen LogP contribution < -0.4 is 14.8 Å². The Morgan fingerprint density at radius 1 is 1.35 bits per heavy atom. The summed E-state index contributed by atoms with van der Waals surface area (Å²) in [7, 11) is 1.69. The number of benzene rings is 1. The maximum Gasteiger partial charge on any atom is 0.166 e. The zero-order valence-electron chi connectivity index (χ0n) is 12.1. The van der Waals surface area contributed by atoms with E-state index in [4.69, 9.17) is 14.2 Å². The van der Waals surface area contributed by atoms with Crippen LogP contribution in [-0.4, -0.2) is 33.5 Å². The fourth-order valence-corrected chi connectivity index (χ4v) is 1.80. The Kier molecular flexibility index (Phi) is 8.34. The van der Waals surface area contributed by atoms with Gasteiger partial charge in [-0.15, -0.1) is 0 Å². The van der Waals surface area contributed by atoms with Crippen LogP contribution >= 0.6 is 15.9 Å². The van der Waals surface area contributed by atoms with E-state index in [0.29, 0.717) is 26.4 Å². The smallest absolute Gasteiger partial charge is 0.166 e. The van der Waals surface area contributed by atoms with Crippen LogP contribution in [-0.2, 0) is 11.3 Å². The molecular weight excluding hydrogens is 322 g/mol. The third-order valence-corrected chi connectivity index (χ3v) is 2.76. The summed E-state index contributed by atoms with van der Waals surface area (Å²) in [5.74, 6) is 1.52. The molecule has 4 nitrogen and oxygen atoms in total. The first-order valence-electron chi connectivity index (χ1n) is 6.59. The van der Waals surface area contributed by atoms with E-state index < -0.39 is 0 Å². The first kappa shape index (κ1) is 17.0. The normalized spacial score (nSPS) is 10.3. The monoisotopic (exact) mass is 343 g/mol. The molecule has 1 aromatic carbocycles. The van der Waals surface area contributed by atoms with Crippen molar-refractivity contribution in [1.29, 1.82) is 0 Å². The number of hydrogen-bond donors (Lipinski definition) is 1. The van der Waals surface area contributed by atoms with E-state index in [-0.39, 0.29) is 0 Å². The quantitative estimate of drug-likeness (QED) is 0.662. The fraction of sp³-hybridized carbons (Fsp3) is 0.467. The predicted molar refractivity (Wildman–Crippen MR) is 84.8 cm³/mol. The Labute approximate surface area is 129 Å². The van der Waals surface area contributed by atoms with Crippen molar-refractivity contribution in [3.05, 3.63) is 34.8 Å². The van der Waals surface area contributed by atoms with Crippen molar-refractivity contribution in [2.45, 2.75) is 13.5 Å². The van der Waals surface area contributed by atoms with Gasteiger partial charge >= 0.3 is 0 Å². The average Bonchev–Trinajstić information content (AvgIpc) is 2.43. The molecule has 1 aromatic rings. The number of para-hydroxylation sites is 1. The Hall–Kier alpha value is -1.04. The van der Waals surface area contributed by atoms with Crippen molar-refractivity contribution >= 4 is 15.9 Å². The van der Waals surface area contributed by atoms with E-state index in [2.05, 4.69) is 27.8 Å². The molecule has 0 aliphatic carbocycles. The highest BCUT2D eigenvalue weighted by molar-refractivity contribution is 9.11. The highest BCUT2D eigenvalue weighted by atomic mass is 79.9. The van der Waals surface area contributed by atoms with Gasteiger partial charge in [0.2, 0.25) is 0 Å². The minimum atomic E-state index is 0.412. The number of halogens is 1. The van der Waals surface area contributed by atoms with Crippen LogP contribution in [0.1, 0.15) is 12.5 Å². The van der Waals surface area contributed by atoms with Crippen molar-refractivity contribution in [2.24, 2.45) is 0 Å². The van der Waals surface area contributed by atoms with Crippen LogP contribution in [0, 0.1) is 0 Å². The molecule has 0 bridgehead atoms. The van der Waals surface area contributed by atoms with Crippen molar-refractivity contribution in [3.8, 4) is 11.5 Å². The lowest BCUT2D eigenvalue weighted by atomic mass is 10.2. The predicted octanol–water partition coefficient (Wildman–Crippen LogP) is 3.11. The van der Waals surface area contributed by atoms with Crippen LogP contribution in [0.5, 0.6) is 11.5 Å². The van der Waals surface area contributed by atoms with Crippen molar-refractivity contribution < 1.29 is 14.2 Å².